The molecule has 1 unspecified atom stereocenters. The third kappa shape index (κ3) is 7.74. The van der Waals surface area contributed by atoms with Gasteiger partial charge in [-0.3, -0.25) is 0 Å². The molecule has 0 aliphatic heterocycles. The van der Waals surface area contributed by atoms with Crippen LogP contribution < -0.4 is 20.1 Å². The lowest BCUT2D eigenvalue weighted by Gasteiger charge is -2.27. The summed E-state index contributed by atoms with van der Waals surface area (Å²) in [4.78, 5) is 6.89. The summed E-state index contributed by atoms with van der Waals surface area (Å²) in [6.07, 6.45) is 0. The van der Waals surface area contributed by atoms with E-state index in [1.807, 2.05) is 42.5 Å². The Balaban J connectivity index is 0.00000420. The van der Waals surface area contributed by atoms with Crippen LogP contribution in [0.4, 0.5) is 0 Å². The van der Waals surface area contributed by atoms with E-state index in [-0.39, 0.29) is 30.0 Å². The highest BCUT2D eigenvalue weighted by Crippen LogP contribution is 2.27. The van der Waals surface area contributed by atoms with Crippen LogP contribution in [-0.4, -0.2) is 52.3 Å². The van der Waals surface area contributed by atoms with Crippen LogP contribution in [0, 0.1) is 0 Å². The van der Waals surface area contributed by atoms with E-state index in [0.717, 1.165) is 35.1 Å². The first-order chi connectivity index (χ1) is 13.6. The highest BCUT2D eigenvalue weighted by atomic mass is 127. The first kappa shape index (κ1) is 25.0. The Hall–Kier alpha value is -2.00. The minimum Gasteiger partial charge on any atom is -0.497 e. The highest BCUT2D eigenvalue weighted by molar-refractivity contribution is 14.0. The van der Waals surface area contributed by atoms with Gasteiger partial charge in [-0.15, -0.1) is 24.0 Å². The maximum absolute atomic E-state index is 5.55. The topological polar surface area (TPSA) is 58.1 Å². The van der Waals surface area contributed by atoms with E-state index in [2.05, 4.69) is 42.6 Å². The first-order valence-electron chi connectivity index (χ1n) is 9.53. The maximum Gasteiger partial charge on any atom is 0.191 e. The lowest BCUT2D eigenvalue weighted by Crippen LogP contribution is -2.41. The number of likely N-dealkylation sites (N-methyl/N-ethyl adjacent to an activating group) is 1. The van der Waals surface area contributed by atoms with Crippen LogP contribution in [0.2, 0.25) is 0 Å². The largest absolute Gasteiger partial charge is 0.497 e. The molecule has 2 aromatic rings. The van der Waals surface area contributed by atoms with Gasteiger partial charge in [0.1, 0.15) is 11.5 Å². The van der Waals surface area contributed by atoms with E-state index in [0.29, 0.717) is 13.1 Å². The monoisotopic (exact) mass is 512 g/mol. The summed E-state index contributed by atoms with van der Waals surface area (Å²) in [6, 6.07) is 16.2. The highest BCUT2D eigenvalue weighted by Gasteiger charge is 2.18. The number of hydrogen-bond acceptors (Lipinski definition) is 4. The van der Waals surface area contributed by atoms with E-state index in [4.69, 9.17) is 14.5 Å². The summed E-state index contributed by atoms with van der Waals surface area (Å²) in [5, 5.41) is 6.77. The number of rotatable bonds is 9. The second kappa shape index (κ2) is 13.3. The lowest BCUT2D eigenvalue weighted by atomic mass is 10.0. The Morgan fingerprint density at radius 3 is 2.45 bits per heavy atom. The summed E-state index contributed by atoms with van der Waals surface area (Å²) in [6.45, 7) is 4.14. The zero-order valence-electron chi connectivity index (χ0n) is 17.9. The molecular weight excluding hydrogens is 479 g/mol. The van der Waals surface area contributed by atoms with Crippen LogP contribution in [0.15, 0.2) is 53.5 Å². The summed E-state index contributed by atoms with van der Waals surface area (Å²) in [5.74, 6) is 2.52. The maximum atomic E-state index is 5.55. The molecule has 0 radical (unpaired) electrons. The summed E-state index contributed by atoms with van der Waals surface area (Å²) >= 11 is 0. The van der Waals surface area contributed by atoms with Crippen molar-refractivity contribution >= 4 is 29.9 Å². The van der Waals surface area contributed by atoms with Gasteiger partial charge in [0.25, 0.3) is 0 Å². The van der Waals surface area contributed by atoms with Crippen molar-refractivity contribution in [2.75, 3.05) is 41.4 Å². The van der Waals surface area contributed by atoms with E-state index >= 15 is 0 Å². The number of guanidine groups is 1. The van der Waals surface area contributed by atoms with Crippen LogP contribution >= 0.6 is 24.0 Å². The van der Waals surface area contributed by atoms with E-state index in [1.165, 1.54) is 0 Å². The number of methoxy groups -OCH3 is 2. The van der Waals surface area contributed by atoms with Gasteiger partial charge in [-0.2, -0.15) is 0 Å². The molecule has 1 atom stereocenters. The first-order valence-corrected chi connectivity index (χ1v) is 9.53. The zero-order valence-corrected chi connectivity index (χ0v) is 20.3. The molecule has 29 heavy (non-hydrogen) atoms. The SMILES string of the molecule is CCNC(=NCc1cccc(OC)c1)NCC(c1ccccc1OC)N(C)C.I. The van der Waals surface area contributed by atoms with Gasteiger partial charge in [0.15, 0.2) is 5.96 Å². The summed E-state index contributed by atoms with van der Waals surface area (Å²) < 4.78 is 10.8. The number of ether oxygens (including phenoxy) is 2. The Morgan fingerprint density at radius 1 is 1.03 bits per heavy atom. The van der Waals surface area contributed by atoms with Crippen LogP contribution in [0.25, 0.3) is 0 Å². The molecule has 0 saturated carbocycles. The molecule has 0 aromatic heterocycles. The fourth-order valence-electron chi connectivity index (χ4n) is 2.99. The average molecular weight is 512 g/mol. The second-order valence-electron chi connectivity index (χ2n) is 6.65. The fraction of sp³-hybridized carbons (Fsp3) is 0.409. The number of para-hydroxylation sites is 1. The minimum atomic E-state index is 0. The summed E-state index contributed by atoms with van der Waals surface area (Å²) in [5.41, 5.74) is 2.25. The van der Waals surface area contributed by atoms with E-state index < -0.39 is 0 Å². The normalized spacial score (nSPS) is 12.1. The number of benzene rings is 2. The molecule has 0 bridgehead atoms. The van der Waals surface area contributed by atoms with E-state index in [1.54, 1.807) is 14.2 Å². The van der Waals surface area contributed by atoms with Gasteiger partial charge in [0.05, 0.1) is 26.8 Å². The van der Waals surface area contributed by atoms with Gasteiger partial charge in [-0.05, 0) is 44.8 Å². The molecule has 0 aliphatic carbocycles. The molecular formula is C22H33IN4O2. The molecule has 0 amide bonds. The predicted molar refractivity (Wildman–Crippen MR) is 131 cm³/mol. The lowest BCUT2D eigenvalue weighted by molar-refractivity contribution is 0.287. The Kier molecular flexibility index (Phi) is 11.5. The Labute approximate surface area is 191 Å². The van der Waals surface area contributed by atoms with Gasteiger partial charge in [0, 0.05) is 18.7 Å². The van der Waals surface area contributed by atoms with Crippen molar-refractivity contribution in [1.29, 1.82) is 0 Å². The molecule has 0 fully saturated rings. The molecule has 2 N–H and O–H groups in total. The minimum absolute atomic E-state index is 0. The molecule has 0 saturated heterocycles. The van der Waals surface area contributed by atoms with Crippen LogP contribution in [0.5, 0.6) is 11.5 Å². The van der Waals surface area contributed by atoms with Crippen LogP contribution in [0.3, 0.4) is 0 Å². The molecule has 7 heteroatoms. The molecule has 0 heterocycles. The molecule has 6 nitrogen and oxygen atoms in total. The number of hydrogen-bond donors (Lipinski definition) is 2. The molecule has 2 aromatic carbocycles. The predicted octanol–water partition coefficient (Wildman–Crippen LogP) is 3.68. The smallest absolute Gasteiger partial charge is 0.191 e. The standard InChI is InChI=1S/C22H32N4O2.HI/c1-6-23-22(24-15-17-10-9-11-18(14-17)27-4)25-16-20(26(2)3)19-12-7-8-13-21(19)28-5;/h7-14,20H,6,15-16H2,1-5H3,(H2,23,24,25);1H. The van der Waals surface area contributed by atoms with Gasteiger partial charge in [-0.1, -0.05) is 30.3 Å². The number of aliphatic imine (C=N–C) groups is 1. The molecule has 160 valence electrons. The summed E-state index contributed by atoms with van der Waals surface area (Å²) in [7, 11) is 7.52. The van der Waals surface area contributed by atoms with Crippen molar-refractivity contribution < 1.29 is 9.47 Å². The van der Waals surface area contributed by atoms with Gasteiger partial charge in [-0.25, -0.2) is 4.99 Å². The molecule has 2 rings (SSSR count). The third-order valence-electron chi connectivity index (χ3n) is 4.48. The van der Waals surface area contributed by atoms with Gasteiger partial charge < -0.3 is 25.0 Å². The zero-order chi connectivity index (χ0) is 20.4. The van der Waals surface area contributed by atoms with Crippen LogP contribution in [0.1, 0.15) is 24.1 Å². The Bertz CT molecular complexity index is 768. The number of nitrogens with one attached hydrogen (secondary N) is 2. The van der Waals surface area contributed by atoms with Crippen molar-refractivity contribution in [2.45, 2.75) is 19.5 Å². The van der Waals surface area contributed by atoms with E-state index in [9.17, 15) is 0 Å². The Morgan fingerprint density at radius 2 is 1.79 bits per heavy atom. The van der Waals surface area contributed by atoms with Crippen molar-refractivity contribution in [3.63, 3.8) is 0 Å². The average Bonchev–Trinajstić information content (AvgIpc) is 2.72. The number of halogens is 1. The fourth-order valence-corrected chi connectivity index (χ4v) is 2.99. The van der Waals surface area contributed by atoms with Crippen molar-refractivity contribution in [3.05, 3.63) is 59.7 Å². The van der Waals surface area contributed by atoms with Gasteiger partial charge >= 0.3 is 0 Å². The van der Waals surface area contributed by atoms with Crippen molar-refractivity contribution in [1.82, 2.24) is 15.5 Å². The van der Waals surface area contributed by atoms with Crippen molar-refractivity contribution in [2.24, 2.45) is 4.99 Å². The van der Waals surface area contributed by atoms with Crippen molar-refractivity contribution in [3.8, 4) is 11.5 Å². The quantitative estimate of drug-likeness (QED) is 0.305. The molecule has 0 aliphatic rings. The molecule has 0 spiro atoms. The third-order valence-corrected chi connectivity index (χ3v) is 4.48. The van der Waals surface area contributed by atoms with Crippen LogP contribution in [-0.2, 0) is 6.54 Å². The second-order valence-corrected chi connectivity index (χ2v) is 6.65. The number of nitrogens with zero attached hydrogens (tertiary/aromatic N) is 2. The van der Waals surface area contributed by atoms with Gasteiger partial charge in [0.2, 0.25) is 0 Å².